The Hall–Kier alpha value is -0.890. The van der Waals surface area contributed by atoms with Crippen molar-refractivity contribution in [3.8, 4) is 0 Å². The Labute approximate surface area is 109 Å². The molecule has 1 aromatic rings. The molecule has 2 fully saturated rings. The zero-order valence-electron chi connectivity index (χ0n) is 11.2. The maximum Gasteiger partial charge on any atom is 0.0308 e. The lowest BCUT2D eigenvalue weighted by atomic mass is 9.53. The topological polar surface area (TPSA) is 16.1 Å². The van der Waals surface area contributed by atoms with E-state index < -0.39 is 0 Å². The van der Waals surface area contributed by atoms with Gasteiger partial charge in [0.15, 0.2) is 0 Å². The summed E-state index contributed by atoms with van der Waals surface area (Å²) in [5.41, 5.74) is 3.68. The van der Waals surface area contributed by atoms with Crippen molar-refractivity contribution in [1.29, 1.82) is 0 Å². The smallest absolute Gasteiger partial charge is 0.0308 e. The number of nitrogens with zero attached hydrogens (tertiary/aromatic N) is 2. The number of aromatic nitrogens is 1. The average molecular weight is 242 g/mol. The summed E-state index contributed by atoms with van der Waals surface area (Å²) in [6, 6.07) is 3.06. The number of likely N-dealkylation sites (N-methyl/N-ethyl adjacent to an activating group) is 1. The minimum absolute atomic E-state index is 0.483. The van der Waals surface area contributed by atoms with Crippen molar-refractivity contribution in [2.24, 2.45) is 5.92 Å². The third-order valence-corrected chi connectivity index (χ3v) is 5.92. The number of fused-ring (bicyclic) bond motifs is 1. The van der Waals surface area contributed by atoms with Gasteiger partial charge in [-0.3, -0.25) is 4.98 Å². The Morgan fingerprint density at radius 1 is 1.33 bits per heavy atom. The Balaban J connectivity index is 1.90. The lowest BCUT2D eigenvalue weighted by molar-refractivity contribution is 0.00262. The second-order valence-corrected chi connectivity index (χ2v) is 6.54. The highest BCUT2D eigenvalue weighted by molar-refractivity contribution is 5.39. The highest BCUT2D eigenvalue weighted by Gasteiger charge is 2.52. The predicted molar refractivity (Wildman–Crippen MR) is 72.6 cm³/mol. The SMILES string of the molecule is CN1CC[C@@]23CCCC[C@@H]2[C@H]1Cc1ccncc13. The van der Waals surface area contributed by atoms with Gasteiger partial charge in [0.05, 0.1) is 0 Å². The molecule has 2 heterocycles. The molecule has 96 valence electrons. The Morgan fingerprint density at radius 2 is 2.28 bits per heavy atom. The zero-order chi connectivity index (χ0) is 12.2. The molecule has 0 unspecified atom stereocenters. The molecule has 0 N–H and O–H groups in total. The second-order valence-electron chi connectivity index (χ2n) is 6.54. The van der Waals surface area contributed by atoms with Crippen LogP contribution in [-0.2, 0) is 11.8 Å². The minimum atomic E-state index is 0.483. The van der Waals surface area contributed by atoms with Gasteiger partial charge in [-0.25, -0.2) is 0 Å². The molecule has 1 aliphatic heterocycles. The van der Waals surface area contributed by atoms with Gasteiger partial charge >= 0.3 is 0 Å². The molecule has 2 heteroatoms. The number of likely N-dealkylation sites (tertiary alicyclic amines) is 1. The average Bonchev–Trinajstić information content (AvgIpc) is 2.43. The third-order valence-electron chi connectivity index (χ3n) is 5.92. The first-order chi connectivity index (χ1) is 8.81. The first kappa shape index (κ1) is 11.0. The zero-order valence-corrected chi connectivity index (χ0v) is 11.2. The minimum Gasteiger partial charge on any atom is -0.303 e. The summed E-state index contributed by atoms with van der Waals surface area (Å²) in [6.45, 7) is 1.27. The maximum absolute atomic E-state index is 4.44. The summed E-state index contributed by atoms with van der Waals surface area (Å²) < 4.78 is 0. The highest BCUT2D eigenvalue weighted by Crippen LogP contribution is 2.55. The van der Waals surface area contributed by atoms with Crippen molar-refractivity contribution >= 4 is 0 Å². The van der Waals surface area contributed by atoms with E-state index in [0.717, 1.165) is 12.0 Å². The van der Waals surface area contributed by atoms with Crippen LogP contribution < -0.4 is 0 Å². The number of pyridine rings is 1. The molecule has 1 aromatic heterocycles. The van der Waals surface area contributed by atoms with Crippen LogP contribution in [0.4, 0.5) is 0 Å². The van der Waals surface area contributed by atoms with Crippen molar-refractivity contribution in [3.05, 3.63) is 29.6 Å². The molecule has 3 aliphatic rings. The Bertz CT molecular complexity index is 470. The molecule has 2 aliphatic carbocycles. The fourth-order valence-corrected chi connectivity index (χ4v) is 5.03. The van der Waals surface area contributed by atoms with E-state index in [1.54, 1.807) is 11.1 Å². The van der Waals surface area contributed by atoms with Crippen LogP contribution in [0.3, 0.4) is 0 Å². The lowest BCUT2D eigenvalue weighted by Crippen LogP contribution is -2.59. The summed E-state index contributed by atoms with van der Waals surface area (Å²) in [4.78, 5) is 7.06. The molecular weight excluding hydrogens is 220 g/mol. The summed E-state index contributed by atoms with van der Waals surface area (Å²) in [7, 11) is 2.33. The summed E-state index contributed by atoms with van der Waals surface area (Å²) in [5.74, 6) is 0.890. The van der Waals surface area contributed by atoms with Gasteiger partial charge in [0, 0.05) is 23.9 Å². The van der Waals surface area contributed by atoms with Gasteiger partial charge in [-0.15, -0.1) is 0 Å². The first-order valence-corrected chi connectivity index (χ1v) is 7.45. The predicted octanol–water partition coefficient (Wildman–Crippen LogP) is 2.77. The van der Waals surface area contributed by atoms with Gasteiger partial charge in [0.2, 0.25) is 0 Å². The van der Waals surface area contributed by atoms with Crippen LogP contribution in [0.25, 0.3) is 0 Å². The van der Waals surface area contributed by atoms with E-state index in [9.17, 15) is 0 Å². The molecule has 3 atom stereocenters. The van der Waals surface area contributed by atoms with E-state index in [4.69, 9.17) is 0 Å². The molecule has 4 rings (SSSR count). The number of hydrogen-bond acceptors (Lipinski definition) is 2. The standard InChI is InChI=1S/C16H22N2/c1-18-9-7-16-6-3-2-4-13(16)15(18)10-12-5-8-17-11-14(12)16/h5,8,11,13,15H,2-4,6-7,9-10H2,1H3/t13-,15-,16+/m1/s1. The van der Waals surface area contributed by atoms with Crippen LogP contribution >= 0.6 is 0 Å². The fourth-order valence-electron chi connectivity index (χ4n) is 5.03. The third kappa shape index (κ3) is 1.30. The van der Waals surface area contributed by atoms with Gasteiger partial charge in [-0.05, 0) is 62.4 Å². The normalized spacial score (nSPS) is 38.9. The van der Waals surface area contributed by atoms with Gasteiger partial charge in [0.1, 0.15) is 0 Å². The molecule has 1 saturated carbocycles. The molecule has 1 saturated heterocycles. The van der Waals surface area contributed by atoms with Crippen LogP contribution in [0.2, 0.25) is 0 Å². The van der Waals surface area contributed by atoms with Gasteiger partial charge in [0.25, 0.3) is 0 Å². The monoisotopic (exact) mass is 242 g/mol. The number of hydrogen-bond donors (Lipinski definition) is 0. The molecule has 2 nitrogen and oxygen atoms in total. The van der Waals surface area contributed by atoms with Gasteiger partial charge < -0.3 is 4.90 Å². The highest BCUT2D eigenvalue weighted by atomic mass is 15.1. The van der Waals surface area contributed by atoms with Crippen LogP contribution in [-0.4, -0.2) is 29.5 Å². The van der Waals surface area contributed by atoms with Crippen molar-refractivity contribution < 1.29 is 0 Å². The quantitative estimate of drug-likeness (QED) is 0.695. The Kier molecular flexibility index (Phi) is 2.32. The van der Waals surface area contributed by atoms with E-state index in [1.165, 1.54) is 45.1 Å². The summed E-state index contributed by atoms with van der Waals surface area (Å²) in [5, 5.41) is 0. The summed E-state index contributed by atoms with van der Waals surface area (Å²) >= 11 is 0. The van der Waals surface area contributed by atoms with E-state index in [0.29, 0.717) is 5.41 Å². The van der Waals surface area contributed by atoms with Crippen molar-refractivity contribution in [2.75, 3.05) is 13.6 Å². The van der Waals surface area contributed by atoms with E-state index in [1.807, 2.05) is 6.20 Å². The fraction of sp³-hybridized carbons (Fsp3) is 0.688. The van der Waals surface area contributed by atoms with Gasteiger partial charge in [-0.1, -0.05) is 12.8 Å². The van der Waals surface area contributed by atoms with Crippen molar-refractivity contribution in [2.45, 2.75) is 50.0 Å². The lowest BCUT2D eigenvalue weighted by Gasteiger charge is -2.58. The maximum atomic E-state index is 4.44. The van der Waals surface area contributed by atoms with E-state index in [-0.39, 0.29) is 0 Å². The van der Waals surface area contributed by atoms with Gasteiger partial charge in [-0.2, -0.15) is 0 Å². The molecule has 18 heavy (non-hydrogen) atoms. The molecule has 0 radical (unpaired) electrons. The van der Waals surface area contributed by atoms with Crippen molar-refractivity contribution in [3.63, 3.8) is 0 Å². The molecule has 0 aromatic carbocycles. The summed E-state index contributed by atoms with van der Waals surface area (Å²) in [6.07, 6.45) is 12.5. The number of piperidine rings is 1. The van der Waals surface area contributed by atoms with Crippen LogP contribution in [0.15, 0.2) is 18.5 Å². The van der Waals surface area contributed by atoms with Crippen LogP contribution in [0, 0.1) is 5.92 Å². The van der Waals surface area contributed by atoms with Crippen LogP contribution in [0.1, 0.15) is 43.2 Å². The van der Waals surface area contributed by atoms with E-state index >= 15 is 0 Å². The molecule has 0 amide bonds. The largest absolute Gasteiger partial charge is 0.303 e. The molecule has 0 spiro atoms. The van der Waals surface area contributed by atoms with E-state index in [2.05, 4.69) is 29.2 Å². The number of rotatable bonds is 0. The van der Waals surface area contributed by atoms with Crippen LogP contribution in [0.5, 0.6) is 0 Å². The van der Waals surface area contributed by atoms with Crippen molar-refractivity contribution in [1.82, 2.24) is 9.88 Å². The molecular formula is C16H22N2. The first-order valence-electron chi connectivity index (χ1n) is 7.45. The second kappa shape index (κ2) is 3.80. The Morgan fingerprint density at radius 3 is 3.22 bits per heavy atom. The molecule has 2 bridgehead atoms.